The Labute approximate surface area is 90.3 Å². The quantitative estimate of drug-likeness (QED) is 0.533. The normalized spacial score (nSPS) is 9.31. The van der Waals surface area contributed by atoms with Crippen molar-refractivity contribution >= 4 is 33.5 Å². The third kappa shape index (κ3) is 1.81. The molecule has 0 aliphatic rings. The molecule has 0 unspecified atom stereocenters. The molecule has 0 amide bonds. The Balaban J connectivity index is 2.66. The van der Waals surface area contributed by atoms with Gasteiger partial charge in [-0.05, 0) is 16.1 Å². The molecule has 0 saturated heterocycles. The monoisotopic (exact) mass is 279 g/mol. The second-order valence-corrected chi connectivity index (χ2v) is 3.18. The Bertz CT molecular complexity index is 494. The average Bonchev–Trinajstić information content (AvgIpc) is 2.18. The number of halogens is 1. The maximum Gasteiger partial charge on any atom is 0.0702 e. The van der Waals surface area contributed by atoms with E-state index >= 15 is 0 Å². The lowest BCUT2D eigenvalue weighted by molar-refractivity contribution is 1.39. The van der Waals surface area contributed by atoms with Crippen LogP contribution < -0.4 is 0 Å². The smallest absolute Gasteiger partial charge is 0.0702 e. The second kappa shape index (κ2) is 3.75. The van der Waals surface area contributed by atoms with Gasteiger partial charge < -0.3 is 0 Å². The summed E-state index contributed by atoms with van der Waals surface area (Å²) in [5.74, 6) is 2.97. The first-order valence-electron chi connectivity index (χ1n) is 3.86. The highest BCUT2D eigenvalue weighted by Crippen LogP contribution is 2.11. The molecule has 0 radical (unpaired) electrons. The molecule has 1 nitrogen and oxygen atoms in total. The van der Waals surface area contributed by atoms with Crippen LogP contribution in [0.15, 0.2) is 36.5 Å². The summed E-state index contributed by atoms with van der Waals surface area (Å²) in [4.78, 5) is 4.29. The van der Waals surface area contributed by atoms with Crippen LogP contribution in [0, 0.1) is 9.85 Å². The van der Waals surface area contributed by atoms with Gasteiger partial charge in [0.15, 0.2) is 0 Å². The predicted octanol–water partition coefficient (Wildman–Crippen LogP) is 2.98. The van der Waals surface area contributed by atoms with Gasteiger partial charge in [0.25, 0.3) is 0 Å². The van der Waals surface area contributed by atoms with E-state index in [9.17, 15) is 0 Å². The van der Waals surface area contributed by atoms with Crippen molar-refractivity contribution < 1.29 is 0 Å². The lowest BCUT2D eigenvalue weighted by Gasteiger charge is -1.95. The first kappa shape index (κ1) is 8.52. The van der Waals surface area contributed by atoms with Crippen molar-refractivity contribution in [1.82, 2.24) is 4.98 Å². The zero-order chi connectivity index (χ0) is 9.10. The van der Waals surface area contributed by atoms with E-state index in [1.54, 1.807) is 6.20 Å². The van der Waals surface area contributed by atoms with E-state index in [0.29, 0.717) is 0 Å². The highest BCUT2D eigenvalue weighted by Gasteiger charge is 1.93. The molecule has 0 aliphatic heterocycles. The molecule has 2 rings (SSSR count). The van der Waals surface area contributed by atoms with Gasteiger partial charge in [-0.15, -0.1) is 0 Å². The van der Waals surface area contributed by atoms with Crippen LogP contribution in [-0.4, -0.2) is 4.98 Å². The minimum absolute atomic E-state index is 0.966. The fourth-order valence-corrected chi connectivity index (χ4v) is 1.51. The van der Waals surface area contributed by atoms with Crippen molar-refractivity contribution in [3.8, 4) is 9.85 Å². The van der Waals surface area contributed by atoms with Crippen molar-refractivity contribution in [3.63, 3.8) is 0 Å². The lowest BCUT2D eigenvalue weighted by Crippen LogP contribution is -1.80. The fraction of sp³-hybridized carbons (Fsp3) is 0. The molecule has 1 aromatic heterocycles. The van der Waals surface area contributed by atoms with Crippen LogP contribution >= 0.6 is 22.6 Å². The maximum atomic E-state index is 4.29. The molecule has 2 heteroatoms. The minimum atomic E-state index is 0.966. The van der Waals surface area contributed by atoms with Gasteiger partial charge in [0, 0.05) is 39.7 Å². The van der Waals surface area contributed by atoms with E-state index in [2.05, 4.69) is 14.8 Å². The Morgan fingerprint density at radius 3 is 2.92 bits per heavy atom. The Kier molecular flexibility index (Phi) is 2.46. The fourth-order valence-electron chi connectivity index (χ4n) is 1.19. The van der Waals surface area contributed by atoms with Gasteiger partial charge in [-0.2, -0.15) is 0 Å². The molecular weight excluding hydrogens is 273 g/mol. The Morgan fingerprint density at radius 2 is 2.08 bits per heavy atom. The molecule has 13 heavy (non-hydrogen) atoms. The second-order valence-electron chi connectivity index (χ2n) is 2.64. The number of para-hydroxylation sites is 1. The SMILES string of the molecule is IC#Cc1cnc2ccccc2c1. The molecule has 0 saturated carbocycles. The standard InChI is InChI=1S/C11H6IN/c12-6-5-9-7-10-3-1-2-4-11(10)13-8-9/h1-4,7-8H. The summed E-state index contributed by atoms with van der Waals surface area (Å²) in [5, 5.41) is 1.14. The largest absolute Gasteiger partial charge is 0.255 e. The molecule has 62 valence electrons. The molecule has 0 atom stereocenters. The summed E-state index contributed by atoms with van der Waals surface area (Å²) >= 11 is 2.03. The van der Waals surface area contributed by atoms with Gasteiger partial charge in [0.2, 0.25) is 0 Å². The zero-order valence-electron chi connectivity index (χ0n) is 6.79. The molecular formula is C11H6IN. The van der Waals surface area contributed by atoms with Gasteiger partial charge >= 0.3 is 0 Å². The minimum Gasteiger partial charge on any atom is -0.255 e. The van der Waals surface area contributed by atoms with E-state index in [-0.39, 0.29) is 0 Å². The molecule has 0 aliphatic carbocycles. The number of hydrogen-bond donors (Lipinski definition) is 0. The highest BCUT2D eigenvalue weighted by molar-refractivity contribution is 14.1. The number of benzene rings is 1. The topological polar surface area (TPSA) is 12.9 Å². The summed E-state index contributed by atoms with van der Waals surface area (Å²) < 4.78 is 2.83. The van der Waals surface area contributed by atoms with E-state index < -0.39 is 0 Å². The van der Waals surface area contributed by atoms with Crippen LogP contribution in [0.2, 0.25) is 0 Å². The summed E-state index contributed by atoms with van der Waals surface area (Å²) in [6.07, 6.45) is 1.80. The van der Waals surface area contributed by atoms with Crippen molar-refractivity contribution in [2.45, 2.75) is 0 Å². The Hall–Kier alpha value is -1.08. The summed E-state index contributed by atoms with van der Waals surface area (Å²) in [7, 11) is 0. The van der Waals surface area contributed by atoms with Gasteiger partial charge in [-0.25, -0.2) is 0 Å². The van der Waals surface area contributed by atoms with E-state index in [1.165, 1.54) is 0 Å². The first-order chi connectivity index (χ1) is 6.40. The zero-order valence-corrected chi connectivity index (χ0v) is 8.95. The van der Waals surface area contributed by atoms with Crippen molar-refractivity contribution in [2.24, 2.45) is 0 Å². The van der Waals surface area contributed by atoms with Crippen LogP contribution in [-0.2, 0) is 0 Å². The highest BCUT2D eigenvalue weighted by atomic mass is 127. The van der Waals surface area contributed by atoms with E-state index in [0.717, 1.165) is 16.5 Å². The van der Waals surface area contributed by atoms with Crippen molar-refractivity contribution in [1.29, 1.82) is 0 Å². The molecule has 0 N–H and O–H groups in total. The third-order valence-corrected chi connectivity index (χ3v) is 2.05. The summed E-state index contributed by atoms with van der Waals surface area (Å²) in [6, 6.07) is 10.1. The van der Waals surface area contributed by atoms with Crippen LogP contribution in [0.4, 0.5) is 0 Å². The van der Waals surface area contributed by atoms with Crippen LogP contribution in [0.25, 0.3) is 10.9 Å². The predicted molar refractivity (Wildman–Crippen MR) is 62.6 cm³/mol. The summed E-state index contributed by atoms with van der Waals surface area (Å²) in [6.45, 7) is 0. The number of aromatic nitrogens is 1. The first-order valence-corrected chi connectivity index (χ1v) is 4.94. The van der Waals surface area contributed by atoms with Crippen molar-refractivity contribution in [2.75, 3.05) is 0 Å². The van der Waals surface area contributed by atoms with Gasteiger partial charge in [0.1, 0.15) is 0 Å². The molecule has 0 fully saturated rings. The number of nitrogens with zero attached hydrogens (tertiary/aromatic N) is 1. The number of rotatable bonds is 0. The van der Waals surface area contributed by atoms with E-state index in [1.807, 2.05) is 52.9 Å². The molecule has 0 spiro atoms. The van der Waals surface area contributed by atoms with Gasteiger partial charge in [0.05, 0.1) is 5.52 Å². The third-order valence-electron chi connectivity index (χ3n) is 1.78. The van der Waals surface area contributed by atoms with Crippen LogP contribution in [0.5, 0.6) is 0 Å². The molecule has 0 bridgehead atoms. The van der Waals surface area contributed by atoms with E-state index in [4.69, 9.17) is 0 Å². The lowest BCUT2D eigenvalue weighted by atomic mass is 10.2. The number of fused-ring (bicyclic) bond motifs is 1. The number of hydrogen-bond acceptors (Lipinski definition) is 1. The van der Waals surface area contributed by atoms with Crippen LogP contribution in [0.1, 0.15) is 5.56 Å². The molecule has 2 aromatic rings. The summed E-state index contributed by atoms with van der Waals surface area (Å²) in [5.41, 5.74) is 1.98. The Morgan fingerprint density at radius 1 is 1.23 bits per heavy atom. The number of pyridine rings is 1. The van der Waals surface area contributed by atoms with Crippen molar-refractivity contribution in [3.05, 3.63) is 42.1 Å². The van der Waals surface area contributed by atoms with Crippen LogP contribution in [0.3, 0.4) is 0 Å². The molecule has 1 aromatic carbocycles. The average molecular weight is 279 g/mol. The molecule has 1 heterocycles. The van der Waals surface area contributed by atoms with Gasteiger partial charge in [-0.3, -0.25) is 4.98 Å². The van der Waals surface area contributed by atoms with Gasteiger partial charge in [-0.1, -0.05) is 24.1 Å². The maximum absolute atomic E-state index is 4.29.